The zero-order valence-electron chi connectivity index (χ0n) is 9.70. The fourth-order valence-electron chi connectivity index (χ4n) is 1.70. The van der Waals surface area contributed by atoms with Crippen LogP contribution in [0.5, 0.6) is 0 Å². The molecule has 18 heavy (non-hydrogen) atoms. The minimum absolute atomic E-state index is 0.0677. The predicted molar refractivity (Wildman–Crippen MR) is 73.5 cm³/mol. The van der Waals surface area contributed by atoms with Gasteiger partial charge in [-0.25, -0.2) is 0 Å². The van der Waals surface area contributed by atoms with Crippen molar-refractivity contribution in [1.29, 1.82) is 0 Å². The van der Waals surface area contributed by atoms with Crippen molar-refractivity contribution < 1.29 is 13.0 Å². The van der Waals surface area contributed by atoms with Gasteiger partial charge in [-0.1, -0.05) is 30.3 Å². The summed E-state index contributed by atoms with van der Waals surface area (Å²) in [5.41, 5.74) is 1.27. The van der Waals surface area contributed by atoms with Crippen LogP contribution in [0.25, 0.3) is 11.1 Å². The van der Waals surface area contributed by atoms with Crippen LogP contribution < -0.4 is 0 Å². The van der Waals surface area contributed by atoms with Crippen LogP contribution in [0.15, 0.2) is 58.3 Å². The molecule has 0 heterocycles. The summed E-state index contributed by atoms with van der Waals surface area (Å²) in [5.74, 6) is 0. The van der Waals surface area contributed by atoms with Gasteiger partial charge in [0.15, 0.2) is 0 Å². The first-order valence-corrected chi connectivity index (χ1v) is 7.90. The average Bonchev–Trinajstić information content (AvgIpc) is 2.38. The van der Waals surface area contributed by atoms with Gasteiger partial charge in [0, 0.05) is 10.5 Å². The Labute approximate surface area is 111 Å². The van der Waals surface area contributed by atoms with Crippen molar-refractivity contribution in [3.63, 3.8) is 0 Å². The summed E-state index contributed by atoms with van der Waals surface area (Å²) in [6.07, 6.45) is 1.97. The normalized spacial score (nSPS) is 11.4. The van der Waals surface area contributed by atoms with E-state index in [4.69, 9.17) is 0 Å². The molecule has 0 aromatic heterocycles. The van der Waals surface area contributed by atoms with Gasteiger partial charge in [0.25, 0.3) is 10.1 Å². The van der Waals surface area contributed by atoms with Gasteiger partial charge in [-0.2, -0.15) is 8.42 Å². The molecule has 0 aliphatic carbocycles. The van der Waals surface area contributed by atoms with Crippen LogP contribution in [0, 0.1) is 0 Å². The first kappa shape index (κ1) is 13.1. The van der Waals surface area contributed by atoms with Crippen molar-refractivity contribution in [2.75, 3.05) is 6.26 Å². The zero-order valence-corrected chi connectivity index (χ0v) is 11.3. The van der Waals surface area contributed by atoms with E-state index in [2.05, 4.69) is 0 Å². The van der Waals surface area contributed by atoms with E-state index in [0.717, 1.165) is 10.5 Å². The molecule has 0 amide bonds. The van der Waals surface area contributed by atoms with Crippen molar-refractivity contribution >= 4 is 21.9 Å². The zero-order chi connectivity index (χ0) is 13.2. The van der Waals surface area contributed by atoms with Gasteiger partial charge in [0.2, 0.25) is 0 Å². The average molecular weight is 280 g/mol. The molecule has 0 bridgehead atoms. The Hall–Kier alpha value is -1.30. The van der Waals surface area contributed by atoms with Crippen LogP contribution >= 0.6 is 11.8 Å². The van der Waals surface area contributed by atoms with Crippen LogP contribution in [-0.4, -0.2) is 19.2 Å². The number of hydrogen-bond acceptors (Lipinski definition) is 3. The summed E-state index contributed by atoms with van der Waals surface area (Å²) in [6.45, 7) is 0. The molecular weight excluding hydrogens is 268 g/mol. The van der Waals surface area contributed by atoms with Gasteiger partial charge >= 0.3 is 0 Å². The van der Waals surface area contributed by atoms with Crippen LogP contribution in [0.1, 0.15) is 0 Å². The molecule has 3 nitrogen and oxygen atoms in total. The smallest absolute Gasteiger partial charge is 0.282 e. The predicted octanol–water partition coefficient (Wildman–Crippen LogP) is 3.32. The molecule has 0 spiro atoms. The highest BCUT2D eigenvalue weighted by Gasteiger charge is 2.15. The first-order valence-electron chi connectivity index (χ1n) is 5.23. The molecular formula is C13H12O3S2. The molecule has 2 aromatic carbocycles. The summed E-state index contributed by atoms with van der Waals surface area (Å²) in [6, 6.07) is 13.9. The quantitative estimate of drug-likeness (QED) is 0.692. The molecule has 0 aliphatic rings. The largest absolute Gasteiger partial charge is 0.295 e. The second-order valence-electron chi connectivity index (χ2n) is 3.70. The minimum Gasteiger partial charge on any atom is -0.282 e. The lowest BCUT2D eigenvalue weighted by Crippen LogP contribution is -2.00. The minimum atomic E-state index is -4.20. The first-order chi connectivity index (χ1) is 8.52. The molecule has 5 heteroatoms. The third kappa shape index (κ3) is 2.75. The number of benzene rings is 2. The maximum absolute atomic E-state index is 11.3. The third-order valence-electron chi connectivity index (χ3n) is 2.57. The molecule has 1 N–H and O–H groups in total. The molecule has 0 saturated carbocycles. The lowest BCUT2D eigenvalue weighted by molar-refractivity contribution is 0.483. The Balaban J connectivity index is 2.57. The summed E-state index contributed by atoms with van der Waals surface area (Å²) in [4.78, 5) is 1.03. The fourth-order valence-corrected chi connectivity index (χ4v) is 2.82. The monoisotopic (exact) mass is 280 g/mol. The van der Waals surface area contributed by atoms with E-state index in [9.17, 15) is 13.0 Å². The van der Waals surface area contributed by atoms with Crippen molar-refractivity contribution in [3.05, 3.63) is 48.5 Å². The molecule has 94 valence electrons. The van der Waals surface area contributed by atoms with E-state index in [1.54, 1.807) is 30.0 Å². The van der Waals surface area contributed by atoms with Crippen molar-refractivity contribution in [3.8, 4) is 11.1 Å². The highest BCUT2D eigenvalue weighted by atomic mass is 32.2. The van der Waals surface area contributed by atoms with Crippen LogP contribution in [0.4, 0.5) is 0 Å². The van der Waals surface area contributed by atoms with E-state index in [1.165, 1.54) is 6.07 Å². The van der Waals surface area contributed by atoms with E-state index < -0.39 is 10.1 Å². The lowest BCUT2D eigenvalue weighted by Gasteiger charge is -2.07. The fraction of sp³-hybridized carbons (Fsp3) is 0.0769. The molecule has 0 fully saturated rings. The Morgan fingerprint density at radius 1 is 1.00 bits per heavy atom. The number of rotatable bonds is 3. The Kier molecular flexibility index (Phi) is 3.75. The molecule has 2 aromatic rings. The second kappa shape index (κ2) is 5.14. The number of hydrogen-bond donors (Lipinski definition) is 1. The van der Waals surface area contributed by atoms with Crippen LogP contribution in [0.3, 0.4) is 0 Å². The van der Waals surface area contributed by atoms with Crippen molar-refractivity contribution in [1.82, 2.24) is 0 Å². The SMILES string of the molecule is CSc1ccc(-c2ccccc2S(=O)(=O)O)cc1. The van der Waals surface area contributed by atoms with Gasteiger partial charge in [0.1, 0.15) is 4.90 Å². The summed E-state index contributed by atoms with van der Waals surface area (Å²) in [5, 5.41) is 0. The van der Waals surface area contributed by atoms with Crippen molar-refractivity contribution in [2.45, 2.75) is 9.79 Å². The summed E-state index contributed by atoms with van der Waals surface area (Å²) in [7, 11) is -4.20. The van der Waals surface area contributed by atoms with Gasteiger partial charge in [-0.15, -0.1) is 11.8 Å². The summed E-state index contributed by atoms with van der Waals surface area (Å²) >= 11 is 1.61. The highest BCUT2D eigenvalue weighted by molar-refractivity contribution is 7.98. The standard InChI is InChI=1S/C13H12O3S2/c1-17-11-8-6-10(7-9-11)12-4-2-3-5-13(12)18(14,15)16/h2-9H,1H3,(H,14,15,16). The summed E-state index contributed by atoms with van der Waals surface area (Å²) < 4.78 is 31.8. The van der Waals surface area contributed by atoms with E-state index in [-0.39, 0.29) is 4.90 Å². The van der Waals surface area contributed by atoms with E-state index in [1.807, 2.05) is 30.5 Å². The van der Waals surface area contributed by atoms with E-state index >= 15 is 0 Å². The molecule has 0 unspecified atom stereocenters. The Morgan fingerprint density at radius 2 is 1.61 bits per heavy atom. The topological polar surface area (TPSA) is 54.4 Å². The van der Waals surface area contributed by atoms with Gasteiger partial charge in [0.05, 0.1) is 0 Å². The second-order valence-corrected chi connectivity index (χ2v) is 5.97. The van der Waals surface area contributed by atoms with Gasteiger partial charge in [-0.05, 0) is 30.0 Å². The van der Waals surface area contributed by atoms with Gasteiger partial charge < -0.3 is 0 Å². The van der Waals surface area contributed by atoms with Crippen molar-refractivity contribution in [2.24, 2.45) is 0 Å². The molecule has 0 aliphatic heterocycles. The highest BCUT2D eigenvalue weighted by Crippen LogP contribution is 2.28. The van der Waals surface area contributed by atoms with Crippen LogP contribution in [-0.2, 0) is 10.1 Å². The Morgan fingerprint density at radius 3 is 2.17 bits per heavy atom. The lowest BCUT2D eigenvalue weighted by atomic mass is 10.1. The van der Waals surface area contributed by atoms with E-state index in [0.29, 0.717) is 5.56 Å². The number of thioether (sulfide) groups is 1. The Bertz CT molecular complexity index is 646. The third-order valence-corrected chi connectivity index (χ3v) is 4.22. The maximum atomic E-state index is 11.3. The van der Waals surface area contributed by atoms with Gasteiger partial charge in [-0.3, -0.25) is 4.55 Å². The van der Waals surface area contributed by atoms with Crippen LogP contribution in [0.2, 0.25) is 0 Å². The molecule has 0 atom stereocenters. The molecule has 2 rings (SSSR count). The molecule has 0 saturated heterocycles. The maximum Gasteiger partial charge on any atom is 0.295 e. The molecule has 0 radical (unpaired) electrons.